The molecular formula is C16H18N4O. The molecule has 0 bridgehead atoms. The maximum atomic E-state index is 5.75. The zero-order valence-electron chi connectivity index (χ0n) is 12.2. The third kappa shape index (κ3) is 2.48. The number of hydrogen-bond acceptors (Lipinski definition) is 4. The van der Waals surface area contributed by atoms with E-state index in [2.05, 4.69) is 21.5 Å². The van der Waals surface area contributed by atoms with Gasteiger partial charge in [-0.25, -0.2) is 4.52 Å². The van der Waals surface area contributed by atoms with Crippen molar-refractivity contribution in [1.82, 2.24) is 19.9 Å². The highest BCUT2D eigenvalue weighted by atomic mass is 16.5. The van der Waals surface area contributed by atoms with Crippen molar-refractivity contribution in [3.8, 4) is 5.75 Å². The zero-order valence-corrected chi connectivity index (χ0v) is 12.2. The molecule has 2 aromatic heterocycles. The SMILES string of the molecule is CCOc1ccccc1C(NC)c1cnn2ccncc12. The summed E-state index contributed by atoms with van der Waals surface area (Å²) in [5.41, 5.74) is 3.17. The van der Waals surface area contributed by atoms with Gasteiger partial charge in [-0.05, 0) is 20.0 Å². The molecule has 3 aromatic rings. The fraction of sp³-hybridized carbons (Fsp3) is 0.250. The summed E-state index contributed by atoms with van der Waals surface area (Å²) in [6.45, 7) is 2.63. The summed E-state index contributed by atoms with van der Waals surface area (Å²) in [4.78, 5) is 4.20. The molecule has 0 amide bonds. The third-order valence-electron chi connectivity index (χ3n) is 3.48. The van der Waals surface area contributed by atoms with Crippen LogP contribution in [0.4, 0.5) is 0 Å². The Morgan fingerprint density at radius 1 is 1.24 bits per heavy atom. The molecule has 0 aliphatic rings. The summed E-state index contributed by atoms with van der Waals surface area (Å²) in [5, 5.41) is 7.74. The van der Waals surface area contributed by atoms with Crippen molar-refractivity contribution >= 4 is 5.52 Å². The fourth-order valence-corrected chi connectivity index (χ4v) is 2.56. The van der Waals surface area contributed by atoms with Crippen LogP contribution in [-0.4, -0.2) is 28.3 Å². The summed E-state index contributed by atoms with van der Waals surface area (Å²) in [6, 6.07) is 8.08. The van der Waals surface area contributed by atoms with Crippen LogP contribution in [0.15, 0.2) is 49.1 Å². The minimum Gasteiger partial charge on any atom is -0.494 e. The van der Waals surface area contributed by atoms with Crippen LogP contribution in [0, 0.1) is 0 Å². The maximum absolute atomic E-state index is 5.75. The first-order valence-electron chi connectivity index (χ1n) is 7.01. The highest BCUT2D eigenvalue weighted by Crippen LogP contribution is 2.31. The zero-order chi connectivity index (χ0) is 14.7. The van der Waals surface area contributed by atoms with Crippen molar-refractivity contribution < 1.29 is 4.74 Å². The van der Waals surface area contributed by atoms with E-state index in [0.29, 0.717) is 6.61 Å². The van der Waals surface area contributed by atoms with Gasteiger partial charge in [-0.2, -0.15) is 5.10 Å². The molecule has 1 unspecified atom stereocenters. The Hall–Kier alpha value is -2.40. The molecule has 1 aromatic carbocycles. The van der Waals surface area contributed by atoms with Crippen LogP contribution < -0.4 is 10.1 Å². The first-order valence-corrected chi connectivity index (χ1v) is 7.01. The molecule has 1 atom stereocenters. The molecule has 0 spiro atoms. The van der Waals surface area contributed by atoms with E-state index in [0.717, 1.165) is 22.4 Å². The normalized spacial score (nSPS) is 12.5. The van der Waals surface area contributed by atoms with E-state index in [-0.39, 0.29) is 6.04 Å². The Kier molecular flexibility index (Phi) is 3.83. The van der Waals surface area contributed by atoms with Crippen LogP contribution >= 0.6 is 0 Å². The molecule has 0 saturated heterocycles. The lowest BCUT2D eigenvalue weighted by Gasteiger charge is -2.19. The lowest BCUT2D eigenvalue weighted by atomic mass is 9.99. The molecule has 0 saturated carbocycles. The fourth-order valence-electron chi connectivity index (χ4n) is 2.56. The van der Waals surface area contributed by atoms with Gasteiger partial charge in [0, 0.05) is 23.5 Å². The van der Waals surface area contributed by atoms with Gasteiger partial charge in [0.15, 0.2) is 0 Å². The smallest absolute Gasteiger partial charge is 0.124 e. The van der Waals surface area contributed by atoms with Crippen molar-refractivity contribution in [2.24, 2.45) is 0 Å². The van der Waals surface area contributed by atoms with E-state index < -0.39 is 0 Å². The minimum absolute atomic E-state index is 0.00875. The highest BCUT2D eigenvalue weighted by Gasteiger charge is 2.20. The summed E-state index contributed by atoms with van der Waals surface area (Å²) < 4.78 is 7.58. The average Bonchev–Trinajstić information content (AvgIpc) is 2.94. The Bertz CT molecular complexity index is 738. The third-order valence-corrected chi connectivity index (χ3v) is 3.48. The Balaban J connectivity index is 2.10. The van der Waals surface area contributed by atoms with Crippen molar-refractivity contribution in [1.29, 1.82) is 0 Å². The van der Waals surface area contributed by atoms with Gasteiger partial charge in [-0.15, -0.1) is 0 Å². The van der Waals surface area contributed by atoms with E-state index in [1.807, 2.05) is 55.3 Å². The quantitative estimate of drug-likeness (QED) is 0.781. The van der Waals surface area contributed by atoms with Gasteiger partial charge >= 0.3 is 0 Å². The van der Waals surface area contributed by atoms with Gasteiger partial charge in [0.25, 0.3) is 0 Å². The number of ether oxygens (including phenoxy) is 1. The predicted molar refractivity (Wildman–Crippen MR) is 81.5 cm³/mol. The molecule has 108 valence electrons. The standard InChI is InChI=1S/C16H18N4O/c1-3-21-15-7-5-4-6-12(15)16(17-2)13-10-19-20-9-8-18-11-14(13)20/h4-11,16-17H,3H2,1-2H3. The number of nitrogens with zero attached hydrogens (tertiary/aromatic N) is 3. The monoisotopic (exact) mass is 282 g/mol. The molecular weight excluding hydrogens is 264 g/mol. The summed E-state index contributed by atoms with van der Waals surface area (Å²) in [7, 11) is 1.94. The van der Waals surface area contributed by atoms with E-state index in [9.17, 15) is 0 Å². The molecule has 3 rings (SSSR count). The molecule has 0 aliphatic carbocycles. The Labute approximate surface area is 123 Å². The van der Waals surface area contributed by atoms with E-state index in [1.54, 1.807) is 6.20 Å². The molecule has 0 fully saturated rings. The predicted octanol–water partition coefficient (Wildman–Crippen LogP) is 2.44. The summed E-state index contributed by atoms with van der Waals surface area (Å²) >= 11 is 0. The maximum Gasteiger partial charge on any atom is 0.124 e. The summed E-state index contributed by atoms with van der Waals surface area (Å²) in [6.07, 6.45) is 7.28. The second kappa shape index (κ2) is 5.93. The van der Waals surface area contributed by atoms with Gasteiger partial charge in [-0.1, -0.05) is 18.2 Å². The number of benzene rings is 1. The van der Waals surface area contributed by atoms with Crippen LogP contribution in [0.1, 0.15) is 24.1 Å². The number of para-hydroxylation sites is 1. The Morgan fingerprint density at radius 2 is 2.10 bits per heavy atom. The van der Waals surface area contributed by atoms with Gasteiger partial charge in [-0.3, -0.25) is 4.98 Å². The molecule has 21 heavy (non-hydrogen) atoms. The van der Waals surface area contributed by atoms with Crippen LogP contribution in [-0.2, 0) is 0 Å². The molecule has 1 N–H and O–H groups in total. The number of aromatic nitrogens is 3. The summed E-state index contributed by atoms with van der Waals surface area (Å²) in [5.74, 6) is 0.891. The van der Waals surface area contributed by atoms with Crippen LogP contribution in [0.3, 0.4) is 0 Å². The van der Waals surface area contributed by atoms with Gasteiger partial charge in [0.2, 0.25) is 0 Å². The second-order valence-corrected chi connectivity index (χ2v) is 4.70. The van der Waals surface area contributed by atoms with Crippen LogP contribution in [0.25, 0.3) is 5.52 Å². The molecule has 0 radical (unpaired) electrons. The minimum atomic E-state index is 0.00875. The van der Waals surface area contributed by atoms with E-state index >= 15 is 0 Å². The van der Waals surface area contributed by atoms with Crippen LogP contribution in [0.5, 0.6) is 5.75 Å². The van der Waals surface area contributed by atoms with Crippen molar-refractivity contribution in [3.05, 3.63) is 60.2 Å². The van der Waals surface area contributed by atoms with Crippen molar-refractivity contribution in [3.63, 3.8) is 0 Å². The van der Waals surface area contributed by atoms with Crippen LogP contribution in [0.2, 0.25) is 0 Å². The topological polar surface area (TPSA) is 51.5 Å². The first kappa shape index (κ1) is 13.6. The molecule has 0 aliphatic heterocycles. The second-order valence-electron chi connectivity index (χ2n) is 4.70. The number of rotatable bonds is 5. The largest absolute Gasteiger partial charge is 0.494 e. The van der Waals surface area contributed by atoms with Gasteiger partial charge < -0.3 is 10.1 Å². The lowest BCUT2D eigenvalue weighted by Crippen LogP contribution is -2.18. The average molecular weight is 282 g/mol. The lowest BCUT2D eigenvalue weighted by molar-refractivity contribution is 0.334. The van der Waals surface area contributed by atoms with Crippen molar-refractivity contribution in [2.75, 3.05) is 13.7 Å². The molecule has 5 heteroatoms. The highest BCUT2D eigenvalue weighted by molar-refractivity contribution is 5.57. The first-order chi connectivity index (χ1) is 10.3. The Morgan fingerprint density at radius 3 is 2.90 bits per heavy atom. The van der Waals surface area contributed by atoms with E-state index in [1.165, 1.54) is 0 Å². The van der Waals surface area contributed by atoms with Crippen molar-refractivity contribution in [2.45, 2.75) is 13.0 Å². The van der Waals surface area contributed by atoms with Gasteiger partial charge in [0.05, 0.1) is 30.6 Å². The number of fused-ring (bicyclic) bond motifs is 1. The number of hydrogen-bond donors (Lipinski definition) is 1. The van der Waals surface area contributed by atoms with Gasteiger partial charge in [0.1, 0.15) is 5.75 Å². The van der Waals surface area contributed by atoms with E-state index in [4.69, 9.17) is 4.74 Å². The molecule has 5 nitrogen and oxygen atoms in total. The molecule has 2 heterocycles. The number of nitrogens with one attached hydrogen (secondary N) is 1.